The van der Waals surface area contributed by atoms with Crippen molar-refractivity contribution in [2.45, 2.75) is 12.7 Å². The average molecular weight is 505 g/mol. The van der Waals surface area contributed by atoms with Gasteiger partial charge in [-0.05, 0) is 53.6 Å². The maximum atomic E-state index is 13.1. The lowest BCUT2D eigenvalue weighted by Gasteiger charge is -2.11. The van der Waals surface area contributed by atoms with Crippen molar-refractivity contribution < 1.29 is 22.4 Å². The van der Waals surface area contributed by atoms with Crippen LogP contribution in [-0.2, 0) is 12.7 Å². The smallest absolute Gasteiger partial charge is 0.334 e. The fourth-order valence-electron chi connectivity index (χ4n) is 3.84. The highest BCUT2D eigenvalue weighted by Crippen LogP contribution is 2.30. The number of urea groups is 1. The fourth-order valence-corrected chi connectivity index (χ4v) is 3.84. The topological polar surface area (TPSA) is 71.3 Å². The monoisotopic (exact) mass is 505 g/mol. The van der Waals surface area contributed by atoms with Crippen LogP contribution in [0.1, 0.15) is 11.1 Å². The number of benzene rings is 2. The summed E-state index contributed by atoms with van der Waals surface area (Å²) < 4.78 is 53.6. The van der Waals surface area contributed by atoms with Crippen LogP contribution >= 0.6 is 0 Å². The molecule has 6 nitrogen and oxygen atoms in total. The van der Waals surface area contributed by atoms with Gasteiger partial charge >= 0.3 is 12.2 Å². The first-order valence-electron chi connectivity index (χ1n) is 11.2. The van der Waals surface area contributed by atoms with Gasteiger partial charge in [-0.3, -0.25) is 4.40 Å². The number of carbonyl (C=O) groups excluding carboxylic acids is 1. The van der Waals surface area contributed by atoms with Gasteiger partial charge in [-0.2, -0.15) is 17.6 Å². The van der Waals surface area contributed by atoms with Crippen molar-refractivity contribution in [2.75, 3.05) is 5.32 Å². The normalized spacial score (nSPS) is 11.5. The van der Waals surface area contributed by atoms with Crippen LogP contribution in [0.15, 0.2) is 91.4 Å². The second kappa shape index (κ2) is 9.73. The lowest BCUT2D eigenvalue weighted by Crippen LogP contribution is -2.28. The molecule has 186 valence electrons. The van der Waals surface area contributed by atoms with Crippen LogP contribution in [-0.4, -0.2) is 20.4 Å². The Bertz CT molecular complexity index is 1560. The van der Waals surface area contributed by atoms with E-state index in [9.17, 15) is 22.4 Å². The molecule has 5 rings (SSSR count). The van der Waals surface area contributed by atoms with Crippen LogP contribution in [0.5, 0.6) is 0 Å². The first-order valence-corrected chi connectivity index (χ1v) is 11.2. The molecule has 0 aliphatic rings. The molecule has 2 aromatic carbocycles. The zero-order chi connectivity index (χ0) is 26.0. The fraction of sp³-hybridized carbons (Fsp3) is 0.0741. The van der Waals surface area contributed by atoms with Crippen molar-refractivity contribution in [2.24, 2.45) is 0 Å². The van der Waals surface area contributed by atoms with Crippen molar-refractivity contribution in [1.29, 1.82) is 0 Å². The van der Waals surface area contributed by atoms with Gasteiger partial charge in [-0.1, -0.05) is 30.3 Å². The molecular weight excluding hydrogens is 486 g/mol. The molecule has 0 bridgehead atoms. The molecule has 0 saturated heterocycles. The number of nitrogens with one attached hydrogen (secondary N) is 2. The number of aromatic nitrogens is 3. The minimum absolute atomic E-state index is 0.0501. The Labute approximate surface area is 208 Å². The first-order chi connectivity index (χ1) is 17.8. The lowest BCUT2D eigenvalue weighted by molar-refractivity contribution is -0.137. The summed E-state index contributed by atoms with van der Waals surface area (Å²) >= 11 is 0. The quantitative estimate of drug-likeness (QED) is 0.210. The highest BCUT2D eigenvalue weighted by molar-refractivity contribution is 5.89. The average Bonchev–Trinajstić information content (AvgIpc) is 3.31. The van der Waals surface area contributed by atoms with Gasteiger partial charge in [0.1, 0.15) is 5.65 Å². The molecule has 0 fully saturated rings. The molecule has 3 heterocycles. The number of nitrogens with zero attached hydrogens (tertiary/aromatic N) is 3. The molecule has 2 N–H and O–H groups in total. The van der Waals surface area contributed by atoms with Crippen LogP contribution in [0.25, 0.3) is 28.0 Å². The Morgan fingerprint density at radius 1 is 0.865 bits per heavy atom. The minimum Gasteiger partial charge on any atom is -0.334 e. The van der Waals surface area contributed by atoms with Gasteiger partial charge in [0, 0.05) is 35.8 Å². The number of amides is 2. The number of carbonyl (C=O) groups is 1. The number of rotatable bonds is 5. The Morgan fingerprint density at radius 2 is 1.65 bits per heavy atom. The second-order valence-electron chi connectivity index (χ2n) is 8.24. The zero-order valence-corrected chi connectivity index (χ0v) is 19.1. The summed E-state index contributed by atoms with van der Waals surface area (Å²) in [5.74, 6) is -0.539. The molecule has 37 heavy (non-hydrogen) atoms. The highest BCUT2D eigenvalue weighted by atomic mass is 19.4. The van der Waals surface area contributed by atoms with Gasteiger partial charge in [0.2, 0.25) is 5.95 Å². The molecule has 2 amide bonds. The van der Waals surface area contributed by atoms with Crippen molar-refractivity contribution in [3.05, 3.63) is 108 Å². The molecular formula is C27H19F4N5O. The molecule has 0 aliphatic heterocycles. The van der Waals surface area contributed by atoms with Crippen molar-refractivity contribution in [1.82, 2.24) is 19.7 Å². The Kier molecular flexibility index (Phi) is 6.31. The van der Waals surface area contributed by atoms with E-state index in [1.165, 1.54) is 24.4 Å². The lowest BCUT2D eigenvalue weighted by atomic mass is 10.1. The number of hydrogen-bond donors (Lipinski definition) is 2. The third-order valence-electron chi connectivity index (χ3n) is 5.72. The summed E-state index contributed by atoms with van der Waals surface area (Å²) in [7, 11) is 0. The number of anilines is 1. The summed E-state index contributed by atoms with van der Waals surface area (Å²) in [6.07, 6.45) is 0.610. The van der Waals surface area contributed by atoms with E-state index >= 15 is 0 Å². The number of fused-ring (bicyclic) bond motifs is 1. The molecule has 0 spiro atoms. The number of halogens is 4. The molecule has 0 aliphatic carbocycles. The van der Waals surface area contributed by atoms with Crippen molar-refractivity contribution in [3.63, 3.8) is 0 Å². The predicted octanol–water partition coefficient (Wildman–Crippen LogP) is 6.54. The SMILES string of the molecule is O=C(NCc1ccc(-c2cnc3cc(-c4ccc(F)nc4)ccn23)cc1)Nc1cccc(C(F)(F)F)c1. The largest absolute Gasteiger partial charge is 0.416 e. The van der Waals surface area contributed by atoms with E-state index in [2.05, 4.69) is 20.6 Å². The zero-order valence-electron chi connectivity index (χ0n) is 19.1. The molecule has 3 aromatic heterocycles. The third-order valence-corrected chi connectivity index (χ3v) is 5.72. The van der Waals surface area contributed by atoms with E-state index < -0.39 is 23.7 Å². The maximum Gasteiger partial charge on any atom is 0.416 e. The molecule has 5 aromatic rings. The number of imidazole rings is 1. The summed E-state index contributed by atoms with van der Waals surface area (Å²) in [5.41, 5.74) is 4.15. The standard InChI is InChI=1S/C27H19F4N5O/c28-24-9-8-20(15-32-24)19-10-11-36-23(16-33-25(36)12-19)18-6-4-17(5-7-18)14-34-26(37)35-22-3-1-2-21(13-22)27(29,30)31/h1-13,15-16H,14H2,(H2,34,35,37). The van der Waals surface area contributed by atoms with Gasteiger partial charge in [-0.15, -0.1) is 0 Å². The van der Waals surface area contributed by atoms with Gasteiger partial charge in [0.15, 0.2) is 0 Å². The van der Waals surface area contributed by atoms with Crippen LogP contribution in [0.2, 0.25) is 0 Å². The van der Waals surface area contributed by atoms with E-state index in [4.69, 9.17) is 0 Å². The number of hydrogen-bond acceptors (Lipinski definition) is 3. The van der Waals surface area contributed by atoms with E-state index in [1.807, 2.05) is 47.0 Å². The Morgan fingerprint density at radius 3 is 2.38 bits per heavy atom. The van der Waals surface area contributed by atoms with E-state index in [1.54, 1.807) is 12.3 Å². The van der Waals surface area contributed by atoms with Crippen molar-refractivity contribution >= 4 is 17.4 Å². The maximum absolute atomic E-state index is 13.1. The van der Waals surface area contributed by atoms with Crippen LogP contribution in [0, 0.1) is 5.95 Å². The van der Waals surface area contributed by atoms with Crippen LogP contribution < -0.4 is 10.6 Å². The Balaban J connectivity index is 1.24. The third kappa shape index (κ3) is 5.43. The van der Waals surface area contributed by atoms with E-state index in [0.717, 1.165) is 40.1 Å². The molecule has 0 unspecified atom stereocenters. The van der Waals surface area contributed by atoms with E-state index in [0.29, 0.717) is 5.65 Å². The van der Waals surface area contributed by atoms with E-state index in [-0.39, 0.29) is 12.2 Å². The van der Waals surface area contributed by atoms with Gasteiger partial charge in [-0.25, -0.2) is 14.8 Å². The molecule has 0 saturated carbocycles. The summed E-state index contributed by atoms with van der Waals surface area (Å²) in [5, 5.41) is 5.05. The summed E-state index contributed by atoms with van der Waals surface area (Å²) in [6.45, 7) is 0.188. The minimum atomic E-state index is -4.49. The number of alkyl halides is 3. The highest BCUT2D eigenvalue weighted by Gasteiger charge is 2.30. The Hall–Kier alpha value is -4.73. The predicted molar refractivity (Wildman–Crippen MR) is 131 cm³/mol. The van der Waals surface area contributed by atoms with Crippen molar-refractivity contribution in [3.8, 4) is 22.4 Å². The first kappa shape index (κ1) is 24.0. The molecule has 10 heteroatoms. The summed E-state index contributed by atoms with van der Waals surface area (Å²) in [4.78, 5) is 20.3. The van der Waals surface area contributed by atoms with Gasteiger partial charge in [0.05, 0.1) is 17.5 Å². The number of pyridine rings is 2. The molecule has 0 atom stereocenters. The second-order valence-corrected chi connectivity index (χ2v) is 8.24. The summed E-state index contributed by atoms with van der Waals surface area (Å²) in [6, 6.07) is 18.1. The van der Waals surface area contributed by atoms with Crippen LogP contribution in [0.4, 0.5) is 28.0 Å². The van der Waals surface area contributed by atoms with Gasteiger partial charge < -0.3 is 10.6 Å². The molecule has 0 radical (unpaired) electrons. The van der Waals surface area contributed by atoms with Crippen LogP contribution in [0.3, 0.4) is 0 Å². The van der Waals surface area contributed by atoms with Gasteiger partial charge in [0.25, 0.3) is 0 Å².